The Labute approximate surface area is 181 Å². The maximum atomic E-state index is 12.9. The molecule has 0 spiro atoms. The van der Waals surface area contributed by atoms with Crippen LogP contribution >= 0.6 is 23.2 Å². The lowest BCUT2D eigenvalue weighted by molar-refractivity contribution is 0.0968. The fourth-order valence-electron chi connectivity index (χ4n) is 3.45. The molecule has 5 rings (SSSR count). The van der Waals surface area contributed by atoms with Gasteiger partial charge in [-0.3, -0.25) is 14.9 Å². The van der Waals surface area contributed by atoms with E-state index in [4.69, 9.17) is 23.2 Å². The van der Waals surface area contributed by atoms with Crippen LogP contribution in [-0.4, -0.2) is 26.1 Å². The number of pyridine rings is 1. The second-order valence-electron chi connectivity index (χ2n) is 7.32. The first-order chi connectivity index (χ1) is 14.5. The number of hydrogen-bond donors (Lipinski definition) is 3. The number of carbonyl (C=O) groups is 1. The van der Waals surface area contributed by atoms with Crippen LogP contribution in [0.2, 0.25) is 10.0 Å². The molecule has 0 amide bonds. The molecule has 2 heterocycles. The Hall–Kier alpha value is -3.09. The van der Waals surface area contributed by atoms with Gasteiger partial charge in [-0.25, -0.2) is 0 Å². The van der Waals surface area contributed by atoms with Gasteiger partial charge in [-0.2, -0.15) is 5.10 Å². The highest BCUT2D eigenvalue weighted by molar-refractivity contribution is 6.37. The van der Waals surface area contributed by atoms with Crippen molar-refractivity contribution in [3.05, 3.63) is 64.5 Å². The van der Waals surface area contributed by atoms with Gasteiger partial charge in [0.05, 0.1) is 38.7 Å². The van der Waals surface area contributed by atoms with Gasteiger partial charge in [-0.05, 0) is 48.2 Å². The van der Waals surface area contributed by atoms with Gasteiger partial charge in [0.1, 0.15) is 0 Å². The van der Waals surface area contributed by atoms with Crippen LogP contribution in [0.25, 0.3) is 22.0 Å². The van der Waals surface area contributed by atoms with Crippen molar-refractivity contribution in [3.63, 3.8) is 0 Å². The second kappa shape index (κ2) is 7.31. The van der Waals surface area contributed by atoms with E-state index in [1.54, 1.807) is 30.7 Å². The van der Waals surface area contributed by atoms with Crippen molar-refractivity contribution < 1.29 is 9.90 Å². The van der Waals surface area contributed by atoms with Gasteiger partial charge in [0.2, 0.25) is 0 Å². The predicted molar refractivity (Wildman–Crippen MR) is 118 cm³/mol. The van der Waals surface area contributed by atoms with E-state index in [-0.39, 0.29) is 27.5 Å². The first-order valence-electron chi connectivity index (χ1n) is 9.42. The van der Waals surface area contributed by atoms with Crippen molar-refractivity contribution in [1.29, 1.82) is 0 Å². The summed E-state index contributed by atoms with van der Waals surface area (Å²) in [5, 5.41) is 21.1. The smallest absolute Gasteiger partial charge is 0.169 e. The molecular weight excluding hydrogens is 423 g/mol. The Morgan fingerprint density at radius 1 is 1.10 bits per heavy atom. The van der Waals surface area contributed by atoms with Crippen LogP contribution in [0.5, 0.6) is 5.75 Å². The minimum absolute atomic E-state index is 0.0621. The lowest BCUT2D eigenvalue weighted by Crippen LogP contribution is -2.07. The number of Topliss-reactive ketones (excluding diaryl/α,β-unsaturated/α-hetero) is 1. The summed E-state index contributed by atoms with van der Waals surface area (Å²) < 4.78 is 0. The molecule has 2 aromatic carbocycles. The van der Waals surface area contributed by atoms with Crippen molar-refractivity contribution in [2.24, 2.45) is 5.92 Å². The largest absolute Gasteiger partial charge is 0.505 e. The number of rotatable bonds is 5. The quantitative estimate of drug-likeness (QED) is 0.333. The van der Waals surface area contributed by atoms with Crippen LogP contribution in [0.15, 0.2) is 48.9 Å². The van der Waals surface area contributed by atoms with Crippen molar-refractivity contribution in [1.82, 2.24) is 15.2 Å². The van der Waals surface area contributed by atoms with Crippen molar-refractivity contribution in [2.45, 2.75) is 12.8 Å². The Balaban J connectivity index is 1.70. The third-order valence-electron chi connectivity index (χ3n) is 5.20. The summed E-state index contributed by atoms with van der Waals surface area (Å²) >= 11 is 12.2. The molecule has 0 saturated heterocycles. The number of fused-ring (bicyclic) bond motifs is 1. The minimum Gasteiger partial charge on any atom is -0.505 e. The fourth-order valence-corrected chi connectivity index (χ4v) is 3.94. The molecule has 1 aliphatic rings. The second-order valence-corrected chi connectivity index (χ2v) is 8.13. The summed E-state index contributed by atoms with van der Waals surface area (Å²) in [5.41, 5.74) is 4.32. The highest BCUT2D eigenvalue weighted by Crippen LogP contribution is 2.40. The molecule has 1 fully saturated rings. The molecule has 1 aliphatic carbocycles. The van der Waals surface area contributed by atoms with Crippen molar-refractivity contribution in [2.75, 3.05) is 5.32 Å². The van der Waals surface area contributed by atoms with E-state index >= 15 is 0 Å². The zero-order valence-corrected chi connectivity index (χ0v) is 17.1. The standard InChI is InChI=1S/C22H16Cl2N4O2/c23-17-6-13(7-18(24)22(17)30)12-3-4-19-15(5-12)20(28-14-8-26-27-9-14)16(10-25-19)21(29)11-1-2-11/h3-11,30H,1-2H2,(H,25,28)(H,26,27). The van der Waals surface area contributed by atoms with E-state index < -0.39 is 0 Å². The third-order valence-corrected chi connectivity index (χ3v) is 5.78. The minimum atomic E-state index is -0.149. The number of anilines is 2. The first-order valence-corrected chi connectivity index (χ1v) is 10.2. The van der Waals surface area contributed by atoms with Crippen molar-refractivity contribution >= 4 is 51.3 Å². The Morgan fingerprint density at radius 3 is 2.53 bits per heavy atom. The number of nitrogens with zero attached hydrogens (tertiary/aromatic N) is 2. The Bertz CT molecular complexity index is 1260. The molecule has 6 nitrogen and oxygen atoms in total. The molecule has 0 aliphatic heterocycles. The molecule has 3 N–H and O–H groups in total. The molecule has 0 unspecified atom stereocenters. The van der Waals surface area contributed by atoms with E-state index in [2.05, 4.69) is 20.5 Å². The number of hydrogen-bond acceptors (Lipinski definition) is 5. The number of phenols is 1. The summed E-state index contributed by atoms with van der Waals surface area (Å²) in [6.07, 6.45) is 6.83. The highest BCUT2D eigenvalue weighted by Gasteiger charge is 2.32. The lowest BCUT2D eigenvalue weighted by Gasteiger charge is -2.14. The molecule has 150 valence electrons. The molecule has 0 atom stereocenters. The van der Waals surface area contributed by atoms with Gasteiger partial charge in [-0.1, -0.05) is 29.3 Å². The number of carbonyl (C=O) groups excluding carboxylic acids is 1. The van der Waals surface area contributed by atoms with Crippen LogP contribution in [0.3, 0.4) is 0 Å². The third kappa shape index (κ3) is 3.38. The number of nitrogens with one attached hydrogen (secondary N) is 2. The summed E-state index contributed by atoms with van der Waals surface area (Å²) in [4.78, 5) is 17.4. The number of phenolic OH excluding ortho intramolecular Hbond substituents is 1. The van der Waals surface area contributed by atoms with E-state index in [1.807, 2.05) is 18.2 Å². The summed E-state index contributed by atoms with van der Waals surface area (Å²) in [5.74, 6) is 0.00716. The van der Waals surface area contributed by atoms with E-state index in [0.29, 0.717) is 11.3 Å². The van der Waals surface area contributed by atoms with Gasteiger partial charge >= 0.3 is 0 Å². The van der Waals surface area contributed by atoms with Gasteiger partial charge in [0.25, 0.3) is 0 Å². The zero-order valence-electron chi connectivity index (χ0n) is 15.6. The predicted octanol–water partition coefficient (Wildman–Crippen LogP) is 5.97. The molecule has 0 radical (unpaired) electrons. The molecule has 0 bridgehead atoms. The van der Waals surface area contributed by atoms with Gasteiger partial charge in [0.15, 0.2) is 11.5 Å². The van der Waals surface area contributed by atoms with Crippen LogP contribution in [-0.2, 0) is 0 Å². The van der Waals surface area contributed by atoms with Crippen LogP contribution in [0.4, 0.5) is 11.4 Å². The average Bonchev–Trinajstić information content (AvgIpc) is 3.48. The Morgan fingerprint density at radius 2 is 1.87 bits per heavy atom. The van der Waals surface area contributed by atoms with Crippen LogP contribution in [0.1, 0.15) is 23.2 Å². The SMILES string of the molecule is O=C(c1cnc2ccc(-c3cc(Cl)c(O)c(Cl)c3)cc2c1Nc1cn[nH]c1)C1CC1. The normalized spacial score (nSPS) is 13.5. The number of aromatic hydroxyl groups is 1. The number of aromatic nitrogens is 3. The number of H-pyrrole nitrogens is 1. The van der Waals surface area contributed by atoms with Gasteiger partial charge < -0.3 is 10.4 Å². The molecule has 4 aromatic rings. The topological polar surface area (TPSA) is 90.9 Å². The summed E-state index contributed by atoms with van der Waals surface area (Å²) in [7, 11) is 0. The molecular formula is C22H16Cl2N4O2. The highest BCUT2D eigenvalue weighted by atomic mass is 35.5. The number of aromatic amines is 1. The van der Waals surface area contributed by atoms with Crippen LogP contribution < -0.4 is 5.32 Å². The number of halogens is 2. The maximum Gasteiger partial charge on any atom is 0.169 e. The molecule has 8 heteroatoms. The Kier molecular flexibility index (Phi) is 4.60. The van der Waals surface area contributed by atoms with Gasteiger partial charge in [0, 0.05) is 23.7 Å². The average molecular weight is 439 g/mol. The molecule has 1 saturated carbocycles. The van der Waals surface area contributed by atoms with Crippen molar-refractivity contribution in [3.8, 4) is 16.9 Å². The molecule has 30 heavy (non-hydrogen) atoms. The van der Waals surface area contributed by atoms with E-state index in [9.17, 15) is 9.90 Å². The van der Waals surface area contributed by atoms with Crippen LogP contribution in [0, 0.1) is 5.92 Å². The summed E-state index contributed by atoms with van der Waals surface area (Å²) in [6, 6.07) is 9.02. The van der Waals surface area contributed by atoms with E-state index in [0.717, 1.165) is 40.6 Å². The number of ketones is 1. The fraction of sp³-hybridized carbons (Fsp3) is 0.136. The van der Waals surface area contributed by atoms with Gasteiger partial charge in [-0.15, -0.1) is 0 Å². The monoisotopic (exact) mass is 438 g/mol. The van der Waals surface area contributed by atoms with E-state index in [1.165, 1.54) is 0 Å². The zero-order chi connectivity index (χ0) is 20.8. The number of benzene rings is 2. The maximum absolute atomic E-state index is 12.9. The molecule has 2 aromatic heterocycles. The lowest BCUT2D eigenvalue weighted by atomic mass is 9.99. The summed E-state index contributed by atoms with van der Waals surface area (Å²) in [6.45, 7) is 0. The first kappa shape index (κ1) is 18.9.